The van der Waals surface area contributed by atoms with Gasteiger partial charge in [0.25, 0.3) is 0 Å². The fraction of sp³-hybridized carbons (Fsp3) is 1.00. The molecule has 1 rings (SSSR count). The molecule has 0 bridgehead atoms. The van der Waals surface area contributed by atoms with Gasteiger partial charge in [0.05, 0.1) is 18.8 Å². The van der Waals surface area contributed by atoms with Gasteiger partial charge in [0.1, 0.15) is 0 Å². The predicted molar refractivity (Wildman–Crippen MR) is 87.1 cm³/mol. The number of ether oxygens (including phenoxy) is 3. The third-order valence-electron chi connectivity index (χ3n) is 2.06. The molecule has 20 heavy (non-hydrogen) atoms. The van der Waals surface area contributed by atoms with E-state index >= 15 is 0 Å². The summed E-state index contributed by atoms with van der Waals surface area (Å²) in [6.07, 6.45) is 3.41. The Morgan fingerprint density at radius 3 is 1.90 bits per heavy atom. The van der Waals surface area contributed by atoms with Gasteiger partial charge in [0.15, 0.2) is 6.29 Å². The molecular formula is C17H38O3. The first kappa shape index (κ1) is 22.2. The third kappa shape index (κ3) is 20.2. The van der Waals surface area contributed by atoms with Crippen molar-refractivity contribution in [3.63, 3.8) is 0 Å². The average Bonchev–Trinajstić information content (AvgIpc) is 2.22. The van der Waals surface area contributed by atoms with Gasteiger partial charge < -0.3 is 14.2 Å². The maximum atomic E-state index is 5.54. The van der Waals surface area contributed by atoms with Crippen LogP contribution in [0.3, 0.4) is 0 Å². The SMILES string of the molecule is C.CC(C)(C)C.CC(C)(C)OCCOC1CCCCO1. The quantitative estimate of drug-likeness (QED) is 0.679. The smallest absolute Gasteiger partial charge is 0.157 e. The van der Waals surface area contributed by atoms with Crippen molar-refractivity contribution in [2.45, 2.75) is 87.0 Å². The molecule has 1 unspecified atom stereocenters. The molecule has 0 radical (unpaired) electrons. The fourth-order valence-corrected chi connectivity index (χ4v) is 1.37. The van der Waals surface area contributed by atoms with Crippen LogP contribution >= 0.6 is 0 Å². The van der Waals surface area contributed by atoms with Crippen LogP contribution in [0.15, 0.2) is 0 Å². The van der Waals surface area contributed by atoms with Crippen molar-refractivity contribution < 1.29 is 14.2 Å². The van der Waals surface area contributed by atoms with Gasteiger partial charge in [-0.1, -0.05) is 35.1 Å². The molecule has 0 amide bonds. The Bertz CT molecular complexity index is 201. The minimum Gasteiger partial charge on any atom is -0.373 e. The molecule has 3 heteroatoms. The van der Waals surface area contributed by atoms with Crippen molar-refractivity contribution in [2.75, 3.05) is 19.8 Å². The van der Waals surface area contributed by atoms with Crippen LogP contribution in [0.1, 0.15) is 75.2 Å². The first-order chi connectivity index (χ1) is 8.58. The van der Waals surface area contributed by atoms with E-state index in [4.69, 9.17) is 14.2 Å². The van der Waals surface area contributed by atoms with Crippen molar-refractivity contribution in [3.05, 3.63) is 0 Å². The van der Waals surface area contributed by atoms with E-state index < -0.39 is 0 Å². The highest BCUT2D eigenvalue weighted by Gasteiger charge is 2.14. The highest BCUT2D eigenvalue weighted by molar-refractivity contribution is 4.58. The van der Waals surface area contributed by atoms with E-state index in [9.17, 15) is 0 Å². The Morgan fingerprint density at radius 1 is 0.950 bits per heavy atom. The largest absolute Gasteiger partial charge is 0.373 e. The van der Waals surface area contributed by atoms with Crippen LogP contribution in [0, 0.1) is 5.41 Å². The highest BCUT2D eigenvalue weighted by atomic mass is 16.7. The summed E-state index contributed by atoms with van der Waals surface area (Å²) < 4.78 is 16.5. The normalized spacial score (nSPS) is 19.6. The van der Waals surface area contributed by atoms with Crippen molar-refractivity contribution in [2.24, 2.45) is 5.41 Å². The van der Waals surface area contributed by atoms with Crippen molar-refractivity contribution in [3.8, 4) is 0 Å². The fourth-order valence-electron chi connectivity index (χ4n) is 1.37. The zero-order chi connectivity index (χ0) is 14.9. The van der Waals surface area contributed by atoms with E-state index in [-0.39, 0.29) is 19.3 Å². The topological polar surface area (TPSA) is 27.7 Å². The average molecular weight is 290 g/mol. The lowest BCUT2D eigenvalue weighted by Crippen LogP contribution is -2.26. The first-order valence-corrected chi connectivity index (χ1v) is 7.45. The second kappa shape index (κ2) is 10.6. The van der Waals surface area contributed by atoms with Gasteiger partial charge in [0.2, 0.25) is 0 Å². The summed E-state index contributed by atoms with van der Waals surface area (Å²) in [5.41, 5.74) is 0.427. The monoisotopic (exact) mass is 290 g/mol. The minimum atomic E-state index is -0.0726. The molecule has 124 valence electrons. The Morgan fingerprint density at radius 2 is 1.50 bits per heavy atom. The minimum absolute atomic E-state index is 0. The molecule has 0 aromatic heterocycles. The predicted octanol–water partition coefficient (Wildman–Crippen LogP) is 5.03. The molecule has 3 nitrogen and oxygen atoms in total. The van der Waals surface area contributed by atoms with Gasteiger partial charge in [-0.2, -0.15) is 0 Å². The summed E-state index contributed by atoms with van der Waals surface area (Å²) >= 11 is 0. The standard InChI is InChI=1S/C11H22O3.C5H12.CH4/c1-11(2,3)14-9-8-13-10-6-4-5-7-12-10;1-5(2,3)4;/h10H,4-9H2,1-3H3;1-4H3;1H4. The van der Waals surface area contributed by atoms with Gasteiger partial charge in [0, 0.05) is 6.61 Å². The van der Waals surface area contributed by atoms with E-state index in [0.29, 0.717) is 18.6 Å². The summed E-state index contributed by atoms with van der Waals surface area (Å²) in [6.45, 7) is 17.0. The molecule has 1 aliphatic heterocycles. The lowest BCUT2D eigenvalue weighted by molar-refractivity contribution is -0.174. The van der Waals surface area contributed by atoms with Crippen LogP contribution in [0.5, 0.6) is 0 Å². The molecule has 1 saturated heterocycles. The van der Waals surface area contributed by atoms with Crippen molar-refractivity contribution in [1.82, 2.24) is 0 Å². The molecular weight excluding hydrogens is 252 g/mol. The summed E-state index contributed by atoms with van der Waals surface area (Å²) in [7, 11) is 0. The van der Waals surface area contributed by atoms with E-state index in [1.807, 2.05) is 20.8 Å². The first-order valence-electron chi connectivity index (χ1n) is 7.45. The highest BCUT2D eigenvalue weighted by Crippen LogP contribution is 2.14. The third-order valence-corrected chi connectivity index (χ3v) is 2.06. The lowest BCUT2D eigenvalue weighted by atomic mass is 10.0. The Hall–Kier alpha value is -0.120. The van der Waals surface area contributed by atoms with Gasteiger partial charge in [-0.15, -0.1) is 0 Å². The zero-order valence-corrected chi connectivity index (χ0v) is 14.0. The van der Waals surface area contributed by atoms with Crippen LogP contribution in [-0.2, 0) is 14.2 Å². The molecule has 0 aliphatic carbocycles. The Labute approximate surface area is 127 Å². The summed E-state index contributed by atoms with van der Waals surface area (Å²) in [4.78, 5) is 0. The lowest BCUT2D eigenvalue weighted by Gasteiger charge is -2.24. The van der Waals surface area contributed by atoms with Gasteiger partial charge >= 0.3 is 0 Å². The molecule has 0 aromatic carbocycles. The zero-order valence-electron chi connectivity index (χ0n) is 14.0. The summed E-state index contributed by atoms with van der Waals surface area (Å²) in [6, 6.07) is 0. The van der Waals surface area contributed by atoms with Crippen LogP contribution in [-0.4, -0.2) is 31.7 Å². The summed E-state index contributed by atoms with van der Waals surface area (Å²) in [5, 5.41) is 0. The Kier molecular flexibility index (Phi) is 11.7. The van der Waals surface area contributed by atoms with Gasteiger partial charge in [-0.3, -0.25) is 0 Å². The molecule has 0 spiro atoms. The van der Waals surface area contributed by atoms with Crippen molar-refractivity contribution in [1.29, 1.82) is 0 Å². The molecule has 1 atom stereocenters. The molecule has 0 N–H and O–H groups in total. The molecule has 0 saturated carbocycles. The number of hydrogen-bond donors (Lipinski definition) is 0. The maximum Gasteiger partial charge on any atom is 0.157 e. The van der Waals surface area contributed by atoms with E-state index in [1.54, 1.807) is 0 Å². The van der Waals surface area contributed by atoms with E-state index in [1.165, 1.54) is 12.8 Å². The van der Waals surface area contributed by atoms with Crippen LogP contribution < -0.4 is 0 Å². The van der Waals surface area contributed by atoms with Gasteiger partial charge in [-0.05, 0) is 45.4 Å². The molecule has 0 aromatic rings. The number of rotatable bonds is 4. The number of hydrogen-bond acceptors (Lipinski definition) is 3. The molecule has 1 aliphatic rings. The van der Waals surface area contributed by atoms with Crippen LogP contribution in [0.4, 0.5) is 0 Å². The van der Waals surface area contributed by atoms with Crippen LogP contribution in [0.25, 0.3) is 0 Å². The summed E-state index contributed by atoms with van der Waals surface area (Å²) in [5.74, 6) is 0. The molecule has 1 fully saturated rings. The van der Waals surface area contributed by atoms with Gasteiger partial charge in [-0.25, -0.2) is 0 Å². The van der Waals surface area contributed by atoms with Crippen LogP contribution in [0.2, 0.25) is 0 Å². The van der Waals surface area contributed by atoms with E-state index in [0.717, 1.165) is 13.0 Å². The van der Waals surface area contributed by atoms with E-state index in [2.05, 4.69) is 27.7 Å². The second-order valence-corrected chi connectivity index (χ2v) is 7.63. The Balaban J connectivity index is 0. The van der Waals surface area contributed by atoms with Crippen molar-refractivity contribution >= 4 is 0 Å². The molecule has 1 heterocycles. The second-order valence-electron chi connectivity index (χ2n) is 7.63. The maximum absolute atomic E-state index is 5.54.